The zero-order valence-electron chi connectivity index (χ0n) is 25.6. The van der Waals surface area contributed by atoms with Crippen molar-refractivity contribution in [2.75, 3.05) is 11.5 Å². The van der Waals surface area contributed by atoms with Crippen LogP contribution in [0.25, 0.3) is 0 Å². The van der Waals surface area contributed by atoms with Crippen molar-refractivity contribution in [3.8, 4) is 70.0 Å². The van der Waals surface area contributed by atoms with Gasteiger partial charge in [-0.2, -0.15) is 0 Å². The predicted octanol–water partition coefficient (Wildman–Crippen LogP) is 8.05. The van der Waals surface area contributed by atoms with E-state index in [0.717, 1.165) is 16.7 Å². The number of benzene rings is 6. The molecule has 0 saturated carbocycles. The second-order valence-electron chi connectivity index (χ2n) is 10.5. The highest BCUT2D eigenvalue weighted by Gasteiger charge is 2.21. The van der Waals surface area contributed by atoms with Crippen LogP contribution in [-0.4, -0.2) is 10.2 Å². The minimum Gasteiger partial charge on any atom is -0.506 e. The average Bonchev–Trinajstić information content (AvgIpc) is 3.11. The van der Waals surface area contributed by atoms with E-state index in [-0.39, 0.29) is 34.4 Å². The first-order valence-electron chi connectivity index (χ1n) is 14.9. The van der Waals surface area contributed by atoms with E-state index in [2.05, 4.69) is 35.5 Å². The van der Waals surface area contributed by atoms with Crippen molar-refractivity contribution < 1.29 is 19.7 Å². The molecule has 6 aromatic rings. The van der Waals surface area contributed by atoms with Gasteiger partial charge in [0.05, 0.1) is 16.9 Å². The smallest absolute Gasteiger partial charge is 0.163 e. The van der Waals surface area contributed by atoms with E-state index < -0.39 is 0 Å². The lowest BCUT2D eigenvalue weighted by atomic mass is 9.99. The summed E-state index contributed by atoms with van der Waals surface area (Å²) in [6, 6.07) is 39.5. The maximum atomic E-state index is 10.4. The highest BCUT2D eigenvalue weighted by atomic mass is 16.5. The number of phenols is 2. The molecule has 6 nitrogen and oxygen atoms in total. The Hall–Kier alpha value is -7.20. The van der Waals surface area contributed by atoms with Crippen LogP contribution >= 0.6 is 0 Å². The molecule has 0 bridgehead atoms. The Bertz CT molecular complexity index is 2290. The van der Waals surface area contributed by atoms with Gasteiger partial charge in [0, 0.05) is 34.4 Å². The van der Waals surface area contributed by atoms with E-state index in [0.29, 0.717) is 28.2 Å². The number of nitrogen functional groups attached to an aromatic ring is 2. The van der Waals surface area contributed by atoms with Crippen LogP contribution in [0.15, 0.2) is 133 Å². The van der Waals surface area contributed by atoms with Gasteiger partial charge in [-0.15, -0.1) is 0 Å². The van der Waals surface area contributed by atoms with E-state index in [4.69, 9.17) is 20.9 Å². The second-order valence-corrected chi connectivity index (χ2v) is 10.5. The van der Waals surface area contributed by atoms with Gasteiger partial charge in [-0.1, -0.05) is 90.1 Å². The molecule has 0 heterocycles. The fourth-order valence-electron chi connectivity index (χ4n) is 4.55. The lowest BCUT2D eigenvalue weighted by Gasteiger charge is -2.17. The Morgan fingerprint density at radius 2 is 0.875 bits per heavy atom. The van der Waals surface area contributed by atoms with E-state index >= 15 is 0 Å². The van der Waals surface area contributed by atoms with Crippen LogP contribution in [0, 0.1) is 35.5 Å². The summed E-state index contributed by atoms with van der Waals surface area (Å²) >= 11 is 0. The third-order valence-corrected chi connectivity index (χ3v) is 7.02. The zero-order valence-corrected chi connectivity index (χ0v) is 25.6. The van der Waals surface area contributed by atoms with Gasteiger partial charge >= 0.3 is 0 Å². The third-order valence-electron chi connectivity index (χ3n) is 7.02. The van der Waals surface area contributed by atoms with Crippen molar-refractivity contribution >= 4 is 11.4 Å². The normalized spacial score (nSPS) is 9.92. The first kappa shape index (κ1) is 30.8. The second kappa shape index (κ2) is 14.3. The van der Waals surface area contributed by atoms with Crippen LogP contribution in [0.4, 0.5) is 11.4 Å². The Kier molecular flexibility index (Phi) is 9.16. The molecule has 0 aliphatic heterocycles. The summed E-state index contributed by atoms with van der Waals surface area (Å²) in [7, 11) is 0. The SMILES string of the molecule is Nc1ccc(Oc2cc(C#Cc3ccccc3)c(C#Cc3ccccc3)c(Oc3ccc(N)c(O)c3)c2C#Cc2ccccc2)cc1O. The quantitative estimate of drug-likeness (QED) is 0.0898. The Labute approximate surface area is 278 Å². The van der Waals surface area contributed by atoms with E-state index in [1.165, 1.54) is 12.1 Å². The number of aromatic hydroxyl groups is 2. The Morgan fingerprint density at radius 3 is 1.35 bits per heavy atom. The van der Waals surface area contributed by atoms with Gasteiger partial charge in [-0.25, -0.2) is 0 Å². The highest BCUT2D eigenvalue weighted by molar-refractivity contribution is 5.72. The van der Waals surface area contributed by atoms with Crippen LogP contribution in [-0.2, 0) is 0 Å². The molecule has 48 heavy (non-hydrogen) atoms. The molecule has 0 spiro atoms. The Morgan fingerprint density at radius 1 is 0.438 bits per heavy atom. The van der Waals surface area contributed by atoms with E-state index in [1.807, 2.05) is 91.0 Å². The number of nitrogens with two attached hydrogens (primary N) is 2. The first-order valence-corrected chi connectivity index (χ1v) is 14.9. The summed E-state index contributed by atoms with van der Waals surface area (Å²) < 4.78 is 12.9. The van der Waals surface area contributed by atoms with Gasteiger partial charge < -0.3 is 31.2 Å². The largest absolute Gasteiger partial charge is 0.506 e. The molecular formula is C42H28N2O4. The van der Waals surface area contributed by atoms with Gasteiger partial charge in [-0.3, -0.25) is 0 Å². The lowest BCUT2D eigenvalue weighted by Crippen LogP contribution is -2.00. The van der Waals surface area contributed by atoms with Crippen molar-refractivity contribution in [3.63, 3.8) is 0 Å². The van der Waals surface area contributed by atoms with Crippen LogP contribution in [0.5, 0.6) is 34.5 Å². The molecule has 0 fully saturated rings. The van der Waals surface area contributed by atoms with Gasteiger partial charge in [-0.05, 0) is 66.7 Å². The molecule has 6 rings (SSSR count). The van der Waals surface area contributed by atoms with Gasteiger partial charge in [0.1, 0.15) is 34.3 Å². The maximum absolute atomic E-state index is 10.4. The molecule has 0 aliphatic rings. The number of ether oxygens (including phenoxy) is 2. The number of rotatable bonds is 4. The van der Waals surface area contributed by atoms with Crippen molar-refractivity contribution in [2.45, 2.75) is 0 Å². The van der Waals surface area contributed by atoms with Crippen molar-refractivity contribution in [2.24, 2.45) is 0 Å². The topological polar surface area (TPSA) is 111 Å². The summed E-state index contributed by atoms with van der Waals surface area (Å²) in [5, 5.41) is 20.8. The molecule has 0 aromatic heterocycles. The number of anilines is 2. The molecule has 0 radical (unpaired) electrons. The average molecular weight is 625 g/mol. The third kappa shape index (κ3) is 7.53. The predicted molar refractivity (Wildman–Crippen MR) is 189 cm³/mol. The summed E-state index contributed by atoms with van der Waals surface area (Å²) in [6.45, 7) is 0. The summed E-state index contributed by atoms with van der Waals surface area (Å²) in [6.07, 6.45) is 0. The summed E-state index contributed by atoms with van der Waals surface area (Å²) in [5.41, 5.74) is 15.8. The van der Waals surface area contributed by atoms with Gasteiger partial charge in [0.15, 0.2) is 5.75 Å². The first-order chi connectivity index (χ1) is 23.4. The van der Waals surface area contributed by atoms with Crippen LogP contribution in [0.1, 0.15) is 33.4 Å². The van der Waals surface area contributed by atoms with E-state index in [1.54, 1.807) is 30.3 Å². The molecule has 0 amide bonds. The molecule has 230 valence electrons. The fraction of sp³-hybridized carbons (Fsp3) is 0. The van der Waals surface area contributed by atoms with Crippen LogP contribution in [0.2, 0.25) is 0 Å². The molecule has 6 N–H and O–H groups in total. The van der Waals surface area contributed by atoms with Crippen molar-refractivity contribution in [1.29, 1.82) is 0 Å². The molecule has 0 saturated heterocycles. The monoisotopic (exact) mass is 624 g/mol. The maximum Gasteiger partial charge on any atom is 0.163 e. The molecule has 0 unspecified atom stereocenters. The number of hydrogen-bond acceptors (Lipinski definition) is 6. The molecule has 0 aliphatic carbocycles. The van der Waals surface area contributed by atoms with E-state index in [9.17, 15) is 10.2 Å². The zero-order chi connectivity index (χ0) is 33.3. The van der Waals surface area contributed by atoms with Crippen molar-refractivity contribution in [1.82, 2.24) is 0 Å². The van der Waals surface area contributed by atoms with Gasteiger partial charge in [0.2, 0.25) is 0 Å². The molecular weight excluding hydrogens is 596 g/mol. The minimum atomic E-state index is -0.143. The molecule has 6 heteroatoms. The van der Waals surface area contributed by atoms with Crippen molar-refractivity contribution in [3.05, 3.63) is 167 Å². The van der Waals surface area contributed by atoms with Crippen LogP contribution < -0.4 is 20.9 Å². The lowest BCUT2D eigenvalue weighted by molar-refractivity contribution is 0.443. The Balaban J connectivity index is 1.65. The van der Waals surface area contributed by atoms with Crippen LogP contribution in [0.3, 0.4) is 0 Å². The fourth-order valence-corrected chi connectivity index (χ4v) is 4.55. The molecule has 6 aromatic carbocycles. The highest BCUT2D eigenvalue weighted by Crippen LogP contribution is 2.41. The minimum absolute atomic E-state index is 0.132. The summed E-state index contributed by atoms with van der Waals surface area (Å²) in [5.74, 6) is 20.3. The summed E-state index contributed by atoms with van der Waals surface area (Å²) in [4.78, 5) is 0. The standard InChI is InChI=1S/C42H28N2O4/c43-37-24-20-33(27-39(37)45)47-41-26-32(19-16-29-10-4-1-5-11-29)35(22-17-30-12-6-2-7-13-30)42(48-34-21-25-38(44)40(46)28-34)36(41)23-18-31-14-8-3-9-15-31/h1-15,20-21,24-28,45-46H,43-44H2. The number of phenolic OH excluding ortho intramolecular Hbond substituents is 2. The number of hydrogen-bond donors (Lipinski definition) is 4. The molecule has 0 atom stereocenters. The van der Waals surface area contributed by atoms with Gasteiger partial charge in [0.25, 0.3) is 0 Å².